The van der Waals surface area contributed by atoms with Crippen LogP contribution in [0.15, 0.2) is 40.9 Å². The molecule has 0 aromatic heterocycles. The third kappa shape index (κ3) is 3.56. The zero-order valence-electron chi connectivity index (χ0n) is 16.0. The molecule has 0 amide bonds. The second-order valence-corrected chi connectivity index (χ2v) is 8.40. The van der Waals surface area contributed by atoms with Crippen molar-refractivity contribution in [2.24, 2.45) is 10.9 Å². The van der Waals surface area contributed by atoms with Crippen LogP contribution in [0.25, 0.3) is 6.08 Å². The Morgan fingerprint density at radius 2 is 2.00 bits per heavy atom. The van der Waals surface area contributed by atoms with Crippen molar-refractivity contribution >= 4 is 29.2 Å². The van der Waals surface area contributed by atoms with Crippen LogP contribution in [0.1, 0.15) is 40.7 Å². The average molecular weight is 410 g/mol. The summed E-state index contributed by atoms with van der Waals surface area (Å²) in [5.74, 6) is 0.0620. The van der Waals surface area contributed by atoms with Crippen LogP contribution < -0.4 is 0 Å². The molecule has 5 rings (SSSR count). The molecule has 0 bridgehead atoms. The van der Waals surface area contributed by atoms with Gasteiger partial charge >= 0.3 is 0 Å². The Hall–Kier alpha value is -2.30. The first-order chi connectivity index (χ1) is 14.1. The van der Waals surface area contributed by atoms with E-state index >= 15 is 0 Å². The largest absolute Gasteiger partial charge is 0.381 e. The normalized spacial score (nSPS) is 18.3. The lowest BCUT2D eigenvalue weighted by Crippen LogP contribution is -2.23. The summed E-state index contributed by atoms with van der Waals surface area (Å²) in [7, 11) is 0. The first kappa shape index (κ1) is 18.7. The number of rotatable bonds is 4. The number of carbonyl (C=O) groups is 1. The van der Waals surface area contributed by atoms with Crippen molar-refractivity contribution in [2.75, 3.05) is 13.2 Å². The van der Waals surface area contributed by atoms with E-state index in [0.717, 1.165) is 49.3 Å². The zero-order chi connectivity index (χ0) is 20.0. The number of ether oxygens (including phenoxy) is 1. The van der Waals surface area contributed by atoms with Gasteiger partial charge in [0.25, 0.3) is 0 Å². The number of hydrogen-bond acceptors (Lipinski definition) is 3. The van der Waals surface area contributed by atoms with Crippen LogP contribution in [-0.2, 0) is 28.9 Å². The molecular formula is C24H21ClFNO2. The number of halogens is 2. The molecule has 0 N–H and O–H groups in total. The van der Waals surface area contributed by atoms with Crippen LogP contribution in [0.2, 0.25) is 5.02 Å². The summed E-state index contributed by atoms with van der Waals surface area (Å²) in [5.41, 5.74) is 7.55. The minimum atomic E-state index is -0.466. The molecular weight excluding hydrogens is 389 g/mol. The van der Waals surface area contributed by atoms with Gasteiger partial charge in [-0.2, -0.15) is 0 Å². The molecule has 0 atom stereocenters. The van der Waals surface area contributed by atoms with Crippen LogP contribution in [0, 0.1) is 11.7 Å². The van der Waals surface area contributed by atoms with Gasteiger partial charge in [-0.05, 0) is 59.4 Å². The van der Waals surface area contributed by atoms with Crippen LogP contribution in [-0.4, -0.2) is 24.7 Å². The van der Waals surface area contributed by atoms with Crippen molar-refractivity contribution in [2.45, 2.75) is 32.2 Å². The van der Waals surface area contributed by atoms with Crippen molar-refractivity contribution < 1.29 is 13.9 Å². The highest BCUT2D eigenvalue weighted by Gasteiger charge is 2.28. The summed E-state index contributed by atoms with van der Waals surface area (Å²) in [4.78, 5) is 17.6. The molecule has 148 valence electrons. The van der Waals surface area contributed by atoms with E-state index in [9.17, 15) is 9.18 Å². The lowest BCUT2D eigenvalue weighted by molar-refractivity contribution is -0.114. The molecule has 0 unspecified atom stereocenters. The molecule has 1 saturated heterocycles. The highest BCUT2D eigenvalue weighted by molar-refractivity contribution is 6.30. The van der Waals surface area contributed by atoms with Gasteiger partial charge in [0.1, 0.15) is 5.82 Å². The Bertz CT molecular complexity index is 1070. The smallest absolute Gasteiger partial charge is 0.163 e. The second kappa shape index (κ2) is 7.51. The fourth-order valence-corrected chi connectivity index (χ4v) is 4.72. The number of Topliss-reactive ketones (excluding diaryl/α,β-unsaturated/α-hetero) is 1. The van der Waals surface area contributed by atoms with Crippen LogP contribution in [0.5, 0.6) is 0 Å². The Labute approximate surface area is 174 Å². The fraction of sp³-hybridized carbons (Fsp3) is 0.333. The maximum absolute atomic E-state index is 13.4. The van der Waals surface area contributed by atoms with E-state index in [2.05, 4.69) is 12.1 Å². The minimum Gasteiger partial charge on any atom is -0.381 e. The van der Waals surface area contributed by atoms with E-state index in [1.165, 1.54) is 34.5 Å². The molecule has 1 aliphatic carbocycles. The Morgan fingerprint density at radius 3 is 2.79 bits per heavy atom. The zero-order valence-corrected chi connectivity index (χ0v) is 16.8. The van der Waals surface area contributed by atoms with E-state index in [4.69, 9.17) is 21.3 Å². The van der Waals surface area contributed by atoms with Gasteiger partial charge in [-0.1, -0.05) is 23.7 Å². The summed E-state index contributed by atoms with van der Waals surface area (Å²) < 4.78 is 18.8. The molecule has 2 heterocycles. The summed E-state index contributed by atoms with van der Waals surface area (Å²) >= 11 is 5.84. The van der Waals surface area contributed by atoms with Gasteiger partial charge in [-0.25, -0.2) is 4.39 Å². The maximum Gasteiger partial charge on any atom is 0.163 e. The van der Waals surface area contributed by atoms with E-state index < -0.39 is 5.82 Å². The number of benzene rings is 2. The van der Waals surface area contributed by atoms with E-state index in [0.29, 0.717) is 12.3 Å². The number of ketones is 1. The number of carbonyl (C=O) groups excluding carboxylic acids is 1. The predicted octanol–water partition coefficient (Wildman–Crippen LogP) is 4.96. The van der Waals surface area contributed by atoms with E-state index in [1.54, 1.807) is 6.07 Å². The Kier molecular flexibility index (Phi) is 4.84. The molecule has 0 spiro atoms. The highest BCUT2D eigenvalue weighted by Crippen LogP contribution is 2.34. The van der Waals surface area contributed by atoms with Gasteiger partial charge in [-0.15, -0.1) is 0 Å². The molecule has 0 saturated carbocycles. The highest BCUT2D eigenvalue weighted by atomic mass is 35.5. The number of fused-ring (bicyclic) bond motifs is 2. The quantitative estimate of drug-likeness (QED) is 0.715. The first-order valence-electron chi connectivity index (χ1n) is 10.0. The molecule has 3 aliphatic rings. The SMILES string of the molecule is O=C(Cc1ccc(F)c(Cl)c1)C1=Cc2cc3c(cc2C1)CN=C3C1CCOCC1. The lowest BCUT2D eigenvalue weighted by Gasteiger charge is -2.23. The average Bonchev–Trinajstić information content (AvgIpc) is 3.33. The molecule has 2 aromatic rings. The molecule has 29 heavy (non-hydrogen) atoms. The van der Waals surface area contributed by atoms with Crippen LogP contribution in [0.4, 0.5) is 4.39 Å². The van der Waals surface area contributed by atoms with Gasteiger partial charge in [0.05, 0.1) is 11.6 Å². The van der Waals surface area contributed by atoms with Crippen LogP contribution in [0.3, 0.4) is 0 Å². The summed E-state index contributed by atoms with van der Waals surface area (Å²) in [5, 5.41) is 0.0512. The molecule has 3 nitrogen and oxygen atoms in total. The first-order valence-corrected chi connectivity index (χ1v) is 10.4. The molecule has 2 aliphatic heterocycles. The van der Waals surface area contributed by atoms with E-state index in [-0.39, 0.29) is 17.2 Å². The Morgan fingerprint density at radius 1 is 1.17 bits per heavy atom. The summed E-state index contributed by atoms with van der Waals surface area (Å²) in [6.07, 6.45) is 4.92. The van der Waals surface area contributed by atoms with E-state index in [1.807, 2.05) is 6.08 Å². The van der Waals surface area contributed by atoms with Gasteiger partial charge in [0.2, 0.25) is 0 Å². The second-order valence-electron chi connectivity index (χ2n) is 7.99. The fourth-order valence-electron chi connectivity index (χ4n) is 4.52. The predicted molar refractivity (Wildman–Crippen MR) is 112 cm³/mol. The van der Waals surface area contributed by atoms with Crippen molar-refractivity contribution in [3.8, 4) is 0 Å². The molecule has 1 fully saturated rings. The number of hydrogen-bond donors (Lipinski definition) is 0. The van der Waals surface area contributed by atoms with Crippen molar-refractivity contribution in [3.05, 3.63) is 74.6 Å². The standard InChI is InChI=1S/C24H21ClFNO2/c25-21-7-14(1-2-22(21)26)8-23(28)18-9-16-11-19-13-27-24(15-3-5-29-6-4-15)20(19)12-17(16)10-18/h1-2,7,10-12,15H,3-6,8-9,13H2. The third-order valence-corrected chi connectivity index (χ3v) is 6.38. The number of nitrogens with zero attached hydrogens (tertiary/aromatic N) is 1. The van der Waals surface area contributed by atoms with Crippen molar-refractivity contribution in [3.63, 3.8) is 0 Å². The van der Waals surface area contributed by atoms with Gasteiger partial charge in [-0.3, -0.25) is 9.79 Å². The molecule has 5 heteroatoms. The monoisotopic (exact) mass is 409 g/mol. The maximum atomic E-state index is 13.4. The van der Waals surface area contributed by atoms with Crippen molar-refractivity contribution in [1.82, 2.24) is 0 Å². The third-order valence-electron chi connectivity index (χ3n) is 6.09. The van der Waals surface area contributed by atoms with Gasteiger partial charge in [0, 0.05) is 48.8 Å². The number of allylic oxidation sites excluding steroid dienone is 1. The summed E-state index contributed by atoms with van der Waals surface area (Å²) in [6.45, 7) is 2.33. The van der Waals surface area contributed by atoms with Gasteiger partial charge in [0.15, 0.2) is 5.78 Å². The van der Waals surface area contributed by atoms with Crippen LogP contribution >= 0.6 is 11.6 Å². The lowest BCUT2D eigenvalue weighted by atomic mass is 9.88. The van der Waals surface area contributed by atoms with Crippen molar-refractivity contribution in [1.29, 1.82) is 0 Å². The molecule has 0 radical (unpaired) electrons. The molecule has 2 aromatic carbocycles. The Balaban J connectivity index is 1.36. The number of aliphatic imine (C=N–C) groups is 1. The topological polar surface area (TPSA) is 38.7 Å². The summed E-state index contributed by atoms with van der Waals surface area (Å²) in [6, 6.07) is 8.88. The van der Waals surface area contributed by atoms with Gasteiger partial charge < -0.3 is 4.74 Å². The minimum absolute atomic E-state index is 0.0512.